The highest BCUT2D eigenvalue weighted by molar-refractivity contribution is 5.88. The summed E-state index contributed by atoms with van der Waals surface area (Å²) in [5.41, 5.74) is 5.36. The van der Waals surface area contributed by atoms with Gasteiger partial charge in [-0.05, 0) is 64.6 Å². The molecule has 1 aliphatic carbocycles. The van der Waals surface area contributed by atoms with Gasteiger partial charge in [0.25, 0.3) is 0 Å². The Hall–Kier alpha value is -3.07. The maximum Gasteiger partial charge on any atom is 0.307 e. The summed E-state index contributed by atoms with van der Waals surface area (Å²) < 4.78 is 5.98. The zero-order valence-corrected chi connectivity index (χ0v) is 14.7. The molecule has 0 radical (unpaired) electrons. The Bertz CT molecular complexity index is 1030. The molecule has 4 rings (SSSR count). The molecule has 3 aromatic carbocycles. The summed E-state index contributed by atoms with van der Waals surface area (Å²) in [5.74, 6) is -0.0239. The highest BCUT2D eigenvalue weighted by atomic mass is 16.5. The van der Waals surface area contributed by atoms with Crippen LogP contribution in [0.5, 0.6) is 5.75 Å². The number of rotatable bonds is 5. The molecule has 0 amide bonds. The summed E-state index contributed by atoms with van der Waals surface area (Å²) in [5, 5.41) is 11.6. The molecule has 3 aromatic rings. The van der Waals surface area contributed by atoms with Crippen molar-refractivity contribution in [3.63, 3.8) is 0 Å². The van der Waals surface area contributed by atoms with Crippen molar-refractivity contribution in [1.82, 2.24) is 0 Å². The first-order valence-corrected chi connectivity index (χ1v) is 8.74. The molecule has 0 bridgehead atoms. The summed E-state index contributed by atoms with van der Waals surface area (Å²) in [7, 11) is 0. The number of hydrogen-bond acceptors (Lipinski definition) is 2. The maximum atomic E-state index is 11.1. The lowest BCUT2D eigenvalue weighted by Gasteiger charge is -2.10. The molecule has 0 saturated carbocycles. The normalized spacial score (nSPS) is 13.1. The van der Waals surface area contributed by atoms with Crippen molar-refractivity contribution in [2.45, 2.75) is 26.4 Å². The average Bonchev–Trinajstić information content (AvgIpc) is 2.94. The molecule has 0 saturated heterocycles. The molecular formula is C23H20O3. The van der Waals surface area contributed by atoms with Crippen LogP contribution in [0.15, 0.2) is 66.2 Å². The van der Waals surface area contributed by atoms with E-state index in [1.54, 1.807) is 0 Å². The molecule has 1 aliphatic rings. The zero-order valence-electron chi connectivity index (χ0n) is 14.7. The van der Waals surface area contributed by atoms with Gasteiger partial charge in [0.2, 0.25) is 0 Å². The van der Waals surface area contributed by atoms with Crippen LogP contribution in [0.4, 0.5) is 0 Å². The Morgan fingerprint density at radius 2 is 1.85 bits per heavy atom. The molecule has 0 unspecified atom stereocenters. The van der Waals surface area contributed by atoms with Crippen LogP contribution in [0, 0.1) is 0 Å². The molecule has 130 valence electrons. The third-order valence-electron chi connectivity index (χ3n) is 4.92. The minimum absolute atomic E-state index is 0.0625. The molecular weight excluding hydrogens is 324 g/mol. The molecule has 0 fully saturated rings. The van der Waals surface area contributed by atoms with Crippen molar-refractivity contribution in [3.8, 4) is 5.75 Å². The molecule has 0 aliphatic heterocycles. The fraction of sp³-hybridized carbons (Fsp3) is 0.174. The summed E-state index contributed by atoms with van der Waals surface area (Å²) in [6.07, 6.45) is 0.885. The highest BCUT2D eigenvalue weighted by Gasteiger charge is 2.21. The molecule has 26 heavy (non-hydrogen) atoms. The van der Waals surface area contributed by atoms with Crippen LogP contribution in [-0.2, 0) is 17.8 Å². The van der Waals surface area contributed by atoms with Gasteiger partial charge in [-0.15, -0.1) is 0 Å². The van der Waals surface area contributed by atoms with Crippen LogP contribution in [0.1, 0.15) is 30.0 Å². The minimum atomic E-state index is -0.797. The lowest BCUT2D eigenvalue weighted by molar-refractivity contribution is -0.135. The Balaban J connectivity index is 1.54. The lowest BCUT2D eigenvalue weighted by Crippen LogP contribution is -1.99. The van der Waals surface area contributed by atoms with Gasteiger partial charge in [0.1, 0.15) is 12.4 Å². The number of carbonyl (C=O) groups is 1. The van der Waals surface area contributed by atoms with E-state index in [2.05, 4.69) is 30.3 Å². The standard InChI is InChI=1S/C23H20O3/c1-15-10-19-8-9-20(12-22(19)21(15)13-23(24)25)26-14-16-6-7-17-4-2-3-5-18(17)11-16/h2-9,11-12H,10,13-14H2,1H3,(H,24,25). The van der Waals surface area contributed by atoms with E-state index in [1.807, 2.05) is 37.3 Å². The highest BCUT2D eigenvalue weighted by Crippen LogP contribution is 2.37. The largest absolute Gasteiger partial charge is 0.489 e. The van der Waals surface area contributed by atoms with E-state index in [9.17, 15) is 4.79 Å². The van der Waals surface area contributed by atoms with Crippen molar-refractivity contribution in [2.24, 2.45) is 0 Å². The first-order valence-electron chi connectivity index (χ1n) is 8.74. The van der Waals surface area contributed by atoms with Crippen LogP contribution in [-0.4, -0.2) is 11.1 Å². The second kappa shape index (κ2) is 6.68. The Labute approximate surface area is 152 Å². The van der Waals surface area contributed by atoms with E-state index in [-0.39, 0.29) is 6.42 Å². The van der Waals surface area contributed by atoms with Crippen molar-refractivity contribution in [3.05, 3.63) is 82.9 Å². The van der Waals surface area contributed by atoms with Gasteiger partial charge in [-0.3, -0.25) is 4.79 Å². The van der Waals surface area contributed by atoms with Crippen molar-refractivity contribution < 1.29 is 14.6 Å². The summed E-state index contributed by atoms with van der Waals surface area (Å²) in [6.45, 7) is 2.49. The van der Waals surface area contributed by atoms with Crippen LogP contribution >= 0.6 is 0 Å². The van der Waals surface area contributed by atoms with E-state index in [1.165, 1.54) is 16.3 Å². The fourth-order valence-electron chi connectivity index (χ4n) is 3.60. The topological polar surface area (TPSA) is 46.5 Å². The number of carboxylic acids is 1. The van der Waals surface area contributed by atoms with Gasteiger partial charge < -0.3 is 9.84 Å². The number of ether oxygens (including phenoxy) is 1. The number of carboxylic acid groups (broad SMARTS) is 1. The molecule has 0 atom stereocenters. The maximum absolute atomic E-state index is 11.1. The predicted molar refractivity (Wildman–Crippen MR) is 103 cm³/mol. The van der Waals surface area contributed by atoms with Gasteiger partial charge in [0, 0.05) is 0 Å². The molecule has 3 heteroatoms. The van der Waals surface area contributed by atoms with Gasteiger partial charge in [-0.1, -0.05) is 48.0 Å². The van der Waals surface area contributed by atoms with Crippen LogP contribution in [0.2, 0.25) is 0 Å². The first kappa shape index (κ1) is 16.4. The molecule has 0 aromatic heterocycles. The number of hydrogen-bond donors (Lipinski definition) is 1. The quantitative estimate of drug-likeness (QED) is 0.690. The van der Waals surface area contributed by atoms with Gasteiger partial charge in [0.05, 0.1) is 6.42 Å². The Morgan fingerprint density at radius 1 is 1.04 bits per heavy atom. The van der Waals surface area contributed by atoms with Crippen LogP contribution < -0.4 is 4.74 Å². The Kier molecular flexibility index (Phi) is 4.21. The number of aliphatic carboxylic acids is 1. The molecule has 3 nitrogen and oxygen atoms in total. The molecule has 1 N–H and O–H groups in total. The zero-order chi connectivity index (χ0) is 18.1. The van der Waals surface area contributed by atoms with Crippen molar-refractivity contribution in [1.29, 1.82) is 0 Å². The third kappa shape index (κ3) is 3.21. The minimum Gasteiger partial charge on any atom is -0.489 e. The van der Waals surface area contributed by atoms with E-state index < -0.39 is 5.97 Å². The van der Waals surface area contributed by atoms with E-state index in [4.69, 9.17) is 9.84 Å². The number of fused-ring (bicyclic) bond motifs is 2. The second-order valence-corrected chi connectivity index (χ2v) is 6.80. The SMILES string of the molecule is CC1=C(CC(=O)O)c2cc(OCc3ccc4ccccc4c3)ccc2C1. The van der Waals surface area contributed by atoms with Gasteiger partial charge >= 0.3 is 5.97 Å². The van der Waals surface area contributed by atoms with E-state index in [0.29, 0.717) is 6.61 Å². The van der Waals surface area contributed by atoms with Gasteiger partial charge in [-0.25, -0.2) is 0 Å². The summed E-state index contributed by atoms with van der Waals surface area (Å²) in [4.78, 5) is 11.1. The lowest BCUT2D eigenvalue weighted by atomic mass is 10.0. The number of benzene rings is 3. The average molecular weight is 344 g/mol. The van der Waals surface area contributed by atoms with Crippen molar-refractivity contribution >= 4 is 22.3 Å². The summed E-state index contributed by atoms with van der Waals surface area (Å²) in [6, 6.07) is 20.6. The van der Waals surface area contributed by atoms with Gasteiger partial charge in [-0.2, -0.15) is 0 Å². The smallest absolute Gasteiger partial charge is 0.307 e. The molecule has 0 spiro atoms. The van der Waals surface area contributed by atoms with E-state index >= 15 is 0 Å². The second-order valence-electron chi connectivity index (χ2n) is 6.80. The third-order valence-corrected chi connectivity index (χ3v) is 4.92. The van der Waals surface area contributed by atoms with Crippen LogP contribution in [0.25, 0.3) is 16.3 Å². The fourth-order valence-corrected chi connectivity index (χ4v) is 3.60. The van der Waals surface area contributed by atoms with Crippen LogP contribution in [0.3, 0.4) is 0 Å². The monoisotopic (exact) mass is 344 g/mol. The first-order chi connectivity index (χ1) is 12.6. The Morgan fingerprint density at radius 3 is 2.65 bits per heavy atom. The predicted octanol–water partition coefficient (Wildman–Crippen LogP) is 5.22. The number of allylic oxidation sites excluding steroid dienone is 1. The molecule has 0 heterocycles. The van der Waals surface area contributed by atoms with Gasteiger partial charge in [0.15, 0.2) is 0 Å². The van der Waals surface area contributed by atoms with Crippen molar-refractivity contribution in [2.75, 3.05) is 0 Å². The van der Waals surface area contributed by atoms with E-state index in [0.717, 1.165) is 34.4 Å². The summed E-state index contributed by atoms with van der Waals surface area (Å²) >= 11 is 0.